The van der Waals surface area contributed by atoms with Crippen LogP contribution in [0.5, 0.6) is 0 Å². The van der Waals surface area contributed by atoms with E-state index in [1.54, 1.807) is 18.2 Å². The van der Waals surface area contributed by atoms with Gasteiger partial charge in [0.15, 0.2) is 0 Å². The molecule has 0 saturated heterocycles. The summed E-state index contributed by atoms with van der Waals surface area (Å²) in [6.07, 6.45) is 0.424. The van der Waals surface area contributed by atoms with Crippen molar-refractivity contribution in [3.8, 4) is 0 Å². The Morgan fingerprint density at radius 3 is 2.52 bits per heavy atom. The Morgan fingerprint density at radius 1 is 1.29 bits per heavy atom. The fourth-order valence-corrected chi connectivity index (χ4v) is 2.35. The van der Waals surface area contributed by atoms with E-state index in [0.717, 1.165) is 5.56 Å². The summed E-state index contributed by atoms with van der Waals surface area (Å²) in [5, 5.41) is 16.0. The summed E-state index contributed by atoms with van der Waals surface area (Å²) >= 11 is 12.1. The quantitative estimate of drug-likeness (QED) is 0.682. The average molecular weight is 335 g/mol. The maximum absolute atomic E-state index is 11.5. The van der Waals surface area contributed by atoms with Crippen LogP contribution in [-0.4, -0.2) is 44.0 Å². The Balaban J connectivity index is 2.22. The van der Waals surface area contributed by atoms with Crippen molar-refractivity contribution in [1.82, 2.24) is 10.6 Å². The highest BCUT2D eigenvalue weighted by Crippen LogP contribution is 2.24. The molecule has 1 rings (SSSR count). The van der Waals surface area contributed by atoms with E-state index < -0.39 is 6.10 Å². The van der Waals surface area contributed by atoms with Gasteiger partial charge in [0.05, 0.1) is 12.7 Å². The Kier molecular flexibility index (Phi) is 8.45. The van der Waals surface area contributed by atoms with Gasteiger partial charge in [-0.2, -0.15) is 0 Å². The van der Waals surface area contributed by atoms with Gasteiger partial charge in [-0.25, -0.2) is 4.79 Å². The first-order valence-corrected chi connectivity index (χ1v) is 7.41. The summed E-state index contributed by atoms with van der Waals surface area (Å²) in [5.41, 5.74) is 0.816. The SMILES string of the molecule is COCC(O)CCNC(=O)NCCc1c(Cl)cccc1Cl. The summed E-state index contributed by atoms with van der Waals surface area (Å²) in [5.74, 6) is 0. The molecule has 1 aromatic rings. The number of ether oxygens (including phenoxy) is 1. The van der Waals surface area contributed by atoms with E-state index in [2.05, 4.69) is 10.6 Å². The van der Waals surface area contributed by atoms with Gasteiger partial charge in [-0.3, -0.25) is 0 Å². The number of amides is 2. The lowest BCUT2D eigenvalue weighted by Crippen LogP contribution is -2.38. The lowest BCUT2D eigenvalue weighted by Gasteiger charge is -2.11. The molecule has 0 fully saturated rings. The predicted molar refractivity (Wildman–Crippen MR) is 84.1 cm³/mol. The average Bonchev–Trinajstić information content (AvgIpc) is 2.42. The predicted octanol–water partition coefficient (Wildman–Crippen LogP) is 2.23. The number of aliphatic hydroxyl groups excluding tert-OH is 1. The molecule has 21 heavy (non-hydrogen) atoms. The first-order valence-electron chi connectivity index (χ1n) is 6.66. The molecule has 5 nitrogen and oxygen atoms in total. The third kappa shape index (κ3) is 7.00. The van der Waals surface area contributed by atoms with Gasteiger partial charge in [-0.05, 0) is 30.5 Å². The van der Waals surface area contributed by atoms with Gasteiger partial charge >= 0.3 is 6.03 Å². The van der Waals surface area contributed by atoms with Crippen LogP contribution in [0.25, 0.3) is 0 Å². The van der Waals surface area contributed by atoms with Gasteiger partial charge < -0.3 is 20.5 Å². The van der Waals surface area contributed by atoms with Gasteiger partial charge in [0.1, 0.15) is 0 Å². The number of carbonyl (C=O) groups excluding carboxylic acids is 1. The van der Waals surface area contributed by atoms with Crippen molar-refractivity contribution in [3.63, 3.8) is 0 Å². The molecule has 118 valence electrons. The minimum atomic E-state index is -0.572. The number of methoxy groups -OCH3 is 1. The standard InChI is InChI=1S/C14H20Cl2N2O3/c1-21-9-10(19)5-7-17-14(20)18-8-6-11-12(15)3-2-4-13(11)16/h2-4,10,19H,5-9H2,1H3,(H2,17,18,20). The molecule has 0 heterocycles. The monoisotopic (exact) mass is 334 g/mol. The van der Waals surface area contributed by atoms with Crippen LogP contribution >= 0.6 is 23.2 Å². The maximum Gasteiger partial charge on any atom is 0.314 e. The molecular formula is C14H20Cl2N2O3. The summed E-state index contributed by atoms with van der Waals surface area (Å²) in [6.45, 7) is 1.06. The van der Waals surface area contributed by atoms with E-state index in [-0.39, 0.29) is 12.6 Å². The van der Waals surface area contributed by atoms with Crippen LogP contribution in [0.1, 0.15) is 12.0 Å². The number of halogens is 2. The molecule has 7 heteroatoms. The lowest BCUT2D eigenvalue weighted by molar-refractivity contribution is 0.0599. The Hall–Kier alpha value is -1.01. The van der Waals surface area contributed by atoms with Crippen LogP contribution in [0, 0.1) is 0 Å². The number of hydrogen-bond acceptors (Lipinski definition) is 3. The minimum absolute atomic E-state index is 0.258. The van der Waals surface area contributed by atoms with Crippen molar-refractivity contribution >= 4 is 29.2 Å². The number of hydrogen-bond donors (Lipinski definition) is 3. The number of urea groups is 1. The minimum Gasteiger partial charge on any atom is -0.391 e. The van der Waals surface area contributed by atoms with E-state index >= 15 is 0 Å². The maximum atomic E-state index is 11.5. The fourth-order valence-electron chi connectivity index (χ4n) is 1.76. The van der Waals surface area contributed by atoms with E-state index in [4.69, 9.17) is 27.9 Å². The molecule has 0 aliphatic heterocycles. The van der Waals surface area contributed by atoms with Crippen molar-refractivity contribution < 1.29 is 14.6 Å². The third-order valence-electron chi connectivity index (χ3n) is 2.84. The summed E-state index contributed by atoms with van der Waals surface area (Å²) in [7, 11) is 1.52. The molecule has 0 bridgehead atoms. The highest BCUT2D eigenvalue weighted by Gasteiger charge is 2.07. The molecule has 1 atom stereocenters. The van der Waals surface area contributed by atoms with Gasteiger partial charge in [0.25, 0.3) is 0 Å². The van der Waals surface area contributed by atoms with Crippen molar-refractivity contribution in [3.05, 3.63) is 33.8 Å². The molecule has 0 aromatic heterocycles. The van der Waals surface area contributed by atoms with Gasteiger partial charge in [-0.15, -0.1) is 0 Å². The van der Waals surface area contributed by atoms with Crippen LogP contribution in [-0.2, 0) is 11.2 Å². The Labute approximate surface area is 134 Å². The van der Waals surface area contributed by atoms with E-state index in [1.165, 1.54) is 7.11 Å². The molecule has 0 spiro atoms. The van der Waals surface area contributed by atoms with Crippen LogP contribution < -0.4 is 10.6 Å². The second kappa shape index (κ2) is 9.84. The topological polar surface area (TPSA) is 70.6 Å². The fraction of sp³-hybridized carbons (Fsp3) is 0.500. The van der Waals surface area contributed by atoms with Crippen LogP contribution in [0.4, 0.5) is 4.79 Å². The molecular weight excluding hydrogens is 315 g/mol. The van der Waals surface area contributed by atoms with Gasteiger partial charge in [0, 0.05) is 30.2 Å². The second-order valence-corrected chi connectivity index (χ2v) is 5.35. The largest absolute Gasteiger partial charge is 0.391 e. The molecule has 1 unspecified atom stereocenters. The van der Waals surface area contributed by atoms with Crippen LogP contribution in [0.3, 0.4) is 0 Å². The smallest absolute Gasteiger partial charge is 0.314 e. The lowest BCUT2D eigenvalue weighted by atomic mass is 10.1. The second-order valence-electron chi connectivity index (χ2n) is 4.53. The van der Waals surface area contributed by atoms with Crippen molar-refractivity contribution in [1.29, 1.82) is 0 Å². The van der Waals surface area contributed by atoms with E-state index in [0.29, 0.717) is 36.0 Å². The van der Waals surface area contributed by atoms with Gasteiger partial charge in [-0.1, -0.05) is 29.3 Å². The van der Waals surface area contributed by atoms with Gasteiger partial charge in [0.2, 0.25) is 0 Å². The third-order valence-corrected chi connectivity index (χ3v) is 3.55. The molecule has 3 N–H and O–H groups in total. The van der Waals surface area contributed by atoms with Crippen LogP contribution in [0.2, 0.25) is 10.0 Å². The summed E-state index contributed by atoms with van der Waals surface area (Å²) in [4.78, 5) is 11.5. The van der Waals surface area contributed by atoms with E-state index in [1.807, 2.05) is 0 Å². The van der Waals surface area contributed by atoms with E-state index in [9.17, 15) is 9.90 Å². The Morgan fingerprint density at radius 2 is 1.90 bits per heavy atom. The zero-order chi connectivity index (χ0) is 15.7. The molecule has 0 radical (unpaired) electrons. The molecule has 0 saturated carbocycles. The number of rotatable bonds is 8. The van der Waals surface area contributed by atoms with Crippen molar-refractivity contribution in [2.24, 2.45) is 0 Å². The zero-order valence-corrected chi connectivity index (χ0v) is 13.4. The highest BCUT2D eigenvalue weighted by molar-refractivity contribution is 6.35. The van der Waals surface area contributed by atoms with Crippen molar-refractivity contribution in [2.45, 2.75) is 18.9 Å². The zero-order valence-electron chi connectivity index (χ0n) is 11.9. The number of carbonyl (C=O) groups is 1. The van der Waals surface area contributed by atoms with Crippen molar-refractivity contribution in [2.75, 3.05) is 26.8 Å². The summed E-state index contributed by atoms with van der Waals surface area (Å²) < 4.78 is 4.79. The summed E-state index contributed by atoms with van der Waals surface area (Å²) in [6, 6.07) is 5.02. The Bertz CT molecular complexity index is 438. The molecule has 2 amide bonds. The normalized spacial score (nSPS) is 12.0. The van der Waals surface area contributed by atoms with Crippen LogP contribution in [0.15, 0.2) is 18.2 Å². The molecule has 0 aliphatic carbocycles. The first-order chi connectivity index (χ1) is 10.0. The number of aliphatic hydroxyl groups is 1. The first kappa shape index (κ1) is 18.0. The number of nitrogens with one attached hydrogen (secondary N) is 2. The molecule has 1 aromatic carbocycles. The number of benzene rings is 1. The molecule has 0 aliphatic rings. The highest BCUT2D eigenvalue weighted by atomic mass is 35.5.